The van der Waals surface area contributed by atoms with Crippen LogP contribution in [-0.4, -0.2) is 77.4 Å². The number of fused-ring (bicyclic) bond motifs is 2. The van der Waals surface area contributed by atoms with E-state index in [0.717, 1.165) is 17.1 Å². The second-order valence-electron chi connectivity index (χ2n) is 10.8. The lowest BCUT2D eigenvalue weighted by Gasteiger charge is -2.34. The van der Waals surface area contributed by atoms with Crippen LogP contribution in [-0.2, 0) is 17.8 Å². The van der Waals surface area contributed by atoms with Gasteiger partial charge in [0, 0.05) is 54.8 Å². The highest BCUT2D eigenvalue weighted by atomic mass is 16.7. The second kappa shape index (κ2) is 12.6. The summed E-state index contributed by atoms with van der Waals surface area (Å²) in [4.78, 5) is 34.1. The molecular weight excluding hydrogens is 524 g/mol. The molecule has 0 unspecified atom stereocenters. The van der Waals surface area contributed by atoms with Gasteiger partial charge in [-0.25, -0.2) is 0 Å². The maximum atomic E-state index is 13.5. The van der Waals surface area contributed by atoms with E-state index in [1.165, 1.54) is 0 Å². The molecule has 0 aliphatic carbocycles. The number of aliphatic hydroxyl groups excluding tert-OH is 1. The fraction of sp³-hybridized carbons (Fsp3) is 0.387. The molecule has 0 radical (unpaired) electrons. The lowest BCUT2D eigenvalue weighted by Crippen LogP contribution is -2.47. The summed E-state index contributed by atoms with van der Waals surface area (Å²) >= 11 is 0. The Balaban J connectivity index is 1.38. The topological polar surface area (TPSA) is 113 Å². The molecule has 10 heteroatoms. The average molecular weight is 561 g/mol. The summed E-state index contributed by atoms with van der Waals surface area (Å²) in [7, 11) is 2.03. The Kier molecular flexibility index (Phi) is 8.70. The van der Waals surface area contributed by atoms with Gasteiger partial charge >= 0.3 is 0 Å². The Morgan fingerprint density at radius 3 is 2.66 bits per heavy atom. The minimum Gasteiger partial charge on any atom is -0.488 e. The van der Waals surface area contributed by atoms with Crippen molar-refractivity contribution in [1.82, 2.24) is 14.8 Å². The number of ether oxygens (including phenoxy) is 3. The summed E-state index contributed by atoms with van der Waals surface area (Å²) in [5, 5.41) is 12.8. The maximum absolute atomic E-state index is 13.5. The van der Waals surface area contributed by atoms with Crippen molar-refractivity contribution < 1.29 is 28.9 Å². The van der Waals surface area contributed by atoms with Gasteiger partial charge in [0.25, 0.3) is 5.91 Å². The molecule has 2 aromatic carbocycles. The fourth-order valence-electron chi connectivity index (χ4n) is 5.15. The van der Waals surface area contributed by atoms with E-state index in [1.807, 2.05) is 38.2 Å². The van der Waals surface area contributed by atoms with Gasteiger partial charge in [-0.2, -0.15) is 0 Å². The summed E-state index contributed by atoms with van der Waals surface area (Å²) in [5.41, 5.74) is 2.81. The van der Waals surface area contributed by atoms with Crippen LogP contribution in [0.3, 0.4) is 0 Å². The summed E-state index contributed by atoms with van der Waals surface area (Å²) in [6.07, 6.45) is 2.97. The van der Waals surface area contributed by atoms with Gasteiger partial charge in [-0.3, -0.25) is 19.5 Å². The predicted molar refractivity (Wildman–Crippen MR) is 153 cm³/mol. The molecule has 0 saturated heterocycles. The first-order chi connectivity index (χ1) is 19.8. The number of carbonyl (C=O) groups excluding carboxylic acids is 2. The van der Waals surface area contributed by atoms with Crippen LogP contribution >= 0.6 is 0 Å². The molecule has 0 spiro atoms. The molecule has 2 amide bonds. The Bertz CT molecular complexity index is 1380. The predicted octanol–water partition coefficient (Wildman–Crippen LogP) is 3.34. The van der Waals surface area contributed by atoms with E-state index in [4.69, 9.17) is 14.2 Å². The van der Waals surface area contributed by atoms with Crippen LogP contribution < -0.4 is 19.5 Å². The van der Waals surface area contributed by atoms with E-state index in [1.54, 1.807) is 41.6 Å². The van der Waals surface area contributed by atoms with Crippen molar-refractivity contribution in [3.05, 3.63) is 77.6 Å². The third-order valence-corrected chi connectivity index (χ3v) is 7.50. The zero-order chi connectivity index (χ0) is 28.9. The van der Waals surface area contributed by atoms with Crippen molar-refractivity contribution in [2.75, 3.05) is 38.9 Å². The molecule has 0 bridgehead atoms. The number of hydrogen-bond donors (Lipinski definition) is 2. The monoisotopic (exact) mass is 560 g/mol. The molecule has 0 saturated carbocycles. The van der Waals surface area contributed by atoms with Gasteiger partial charge in [-0.05, 0) is 62.0 Å². The van der Waals surface area contributed by atoms with Gasteiger partial charge in [0.1, 0.15) is 11.9 Å². The SMILES string of the molecule is C[C@H]1CN([C@@H](C)CO)C(=O)Cc2cc(NC(=O)c3ccncc3)ccc2O[C@H]1CN(C)Cc1ccc2c(c1)OCO2. The molecule has 3 aromatic rings. The highest BCUT2D eigenvalue weighted by molar-refractivity contribution is 6.04. The molecule has 41 heavy (non-hydrogen) atoms. The molecule has 3 heterocycles. The smallest absolute Gasteiger partial charge is 0.255 e. The Morgan fingerprint density at radius 2 is 1.88 bits per heavy atom. The number of aromatic nitrogens is 1. The standard InChI is InChI=1S/C31H36N4O6/c1-20-15-35(21(2)18-36)30(37)14-24-13-25(33-31(38)23-8-10-32-11-9-23)5-7-26(24)41-29(20)17-34(3)16-22-4-6-27-28(12-22)40-19-39-27/h4-13,20-21,29,36H,14-19H2,1-3H3,(H,33,38)/t20-,21-,29-/m0/s1. The number of hydrogen-bond acceptors (Lipinski definition) is 8. The van der Waals surface area contributed by atoms with Crippen LogP contribution in [0, 0.1) is 5.92 Å². The highest BCUT2D eigenvalue weighted by Gasteiger charge is 2.31. The number of pyridine rings is 1. The summed E-state index contributed by atoms with van der Waals surface area (Å²) < 4.78 is 17.6. The number of benzene rings is 2. The molecule has 2 aliphatic rings. The van der Waals surface area contributed by atoms with Crippen molar-refractivity contribution in [1.29, 1.82) is 0 Å². The van der Waals surface area contributed by atoms with Crippen LogP contribution in [0.15, 0.2) is 60.9 Å². The van der Waals surface area contributed by atoms with Crippen LogP contribution in [0.2, 0.25) is 0 Å². The normalized spacial score (nSPS) is 19.0. The average Bonchev–Trinajstić information content (AvgIpc) is 3.45. The van der Waals surface area contributed by atoms with E-state index < -0.39 is 0 Å². The molecule has 3 atom stereocenters. The number of nitrogens with zero attached hydrogens (tertiary/aromatic N) is 3. The molecule has 10 nitrogen and oxygen atoms in total. The van der Waals surface area contributed by atoms with Gasteiger partial charge < -0.3 is 29.5 Å². The highest BCUT2D eigenvalue weighted by Crippen LogP contribution is 2.33. The van der Waals surface area contributed by atoms with Crippen LogP contribution in [0.4, 0.5) is 5.69 Å². The summed E-state index contributed by atoms with van der Waals surface area (Å²) in [6, 6.07) is 14.3. The first-order valence-electron chi connectivity index (χ1n) is 13.8. The lowest BCUT2D eigenvalue weighted by molar-refractivity contribution is -0.134. The van der Waals surface area contributed by atoms with Crippen molar-refractivity contribution in [2.24, 2.45) is 5.92 Å². The van der Waals surface area contributed by atoms with Gasteiger partial charge in [-0.1, -0.05) is 13.0 Å². The number of nitrogens with one attached hydrogen (secondary N) is 1. The molecular formula is C31H36N4O6. The number of amides is 2. The second-order valence-corrected chi connectivity index (χ2v) is 10.8. The van der Waals surface area contributed by atoms with E-state index in [0.29, 0.717) is 42.2 Å². The maximum Gasteiger partial charge on any atom is 0.255 e. The van der Waals surface area contributed by atoms with Crippen LogP contribution in [0.25, 0.3) is 0 Å². The number of likely N-dealkylation sites (N-methyl/N-ethyl adjacent to an activating group) is 1. The van der Waals surface area contributed by atoms with Crippen molar-refractivity contribution >= 4 is 17.5 Å². The molecule has 1 aromatic heterocycles. The molecule has 216 valence electrons. The molecule has 5 rings (SSSR count). The van der Waals surface area contributed by atoms with Crippen LogP contribution in [0.1, 0.15) is 35.3 Å². The van der Waals surface area contributed by atoms with Gasteiger partial charge in [0.15, 0.2) is 11.5 Å². The van der Waals surface area contributed by atoms with Crippen molar-refractivity contribution in [2.45, 2.75) is 39.0 Å². The van der Waals surface area contributed by atoms with Crippen molar-refractivity contribution in [3.8, 4) is 17.2 Å². The molecule has 0 fully saturated rings. The van der Waals surface area contributed by atoms with E-state index in [9.17, 15) is 14.7 Å². The van der Waals surface area contributed by atoms with Gasteiger partial charge in [0.2, 0.25) is 12.7 Å². The van der Waals surface area contributed by atoms with Crippen molar-refractivity contribution in [3.63, 3.8) is 0 Å². The number of rotatable bonds is 8. The Labute approximate surface area is 239 Å². The fourth-order valence-corrected chi connectivity index (χ4v) is 5.15. The third-order valence-electron chi connectivity index (χ3n) is 7.50. The summed E-state index contributed by atoms with van der Waals surface area (Å²) in [6.45, 7) is 5.73. The largest absolute Gasteiger partial charge is 0.488 e. The van der Waals surface area contributed by atoms with Gasteiger partial charge in [-0.15, -0.1) is 0 Å². The first-order valence-corrected chi connectivity index (χ1v) is 13.8. The van der Waals surface area contributed by atoms with Crippen LogP contribution in [0.5, 0.6) is 17.2 Å². The number of anilines is 1. The van der Waals surface area contributed by atoms with E-state index in [2.05, 4.69) is 22.1 Å². The molecule has 2 N–H and O–H groups in total. The molecule has 2 aliphatic heterocycles. The van der Waals surface area contributed by atoms with Gasteiger partial charge in [0.05, 0.1) is 19.1 Å². The minimum atomic E-state index is -0.340. The Morgan fingerprint density at radius 1 is 1.12 bits per heavy atom. The minimum absolute atomic E-state index is 0.0239. The third kappa shape index (κ3) is 6.78. The Hall–Kier alpha value is -4.15. The quantitative estimate of drug-likeness (QED) is 0.431. The van der Waals surface area contributed by atoms with E-state index in [-0.39, 0.29) is 49.7 Å². The zero-order valence-corrected chi connectivity index (χ0v) is 23.6. The van der Waals surface area contributed by atoms with E-state index >= 15 is 0 Å². The number of carbonyl (C=O) groups is 2. The number of aliphatic hydroxyl groups is 1. The first kappa shape index (κ1) is 28.4. The summed E-state index contributed by atoms with van der Waals surface area (Å²) in [5.74, 6) is 1.71. The zero-order valence-electron chi connectivity index (χ0n) is 23.6. The lowest BCUT2D eigenvalue weighted by atomic mass is 10.0.